The third-order valence-electron chi connectivity index (χ3n) is 1.81. The fourth-order valence-electron chi connectivity index (χ4n) is 0.991. The highest BCUT2D eigenvalue weighted by Crippen LogP contribution is 2.23. The molecule has 0 aliphatic carbocycles. The Hall–Kier alpha value is -1.40. The maximum absolute atomic E-state index is 7.88. The van der Waals surface area contributed by atoms with Gasteiger partial charge in [-0.25, -0.2) is 4.98 Å². The molecule has 0 spiro atoms. The van der Waals surface area contributed by atoms with Gasteiger partial charge in [0.05, 0.1) is 23.9 Å². The zero-order valence-corrected chi connectivity index (χ0v) is 14.5. The van der Waals surface area contributed by atoms with Gasteiger partial charge in [-0.1, -0.05) is 20.8 Å². The summed E-state index contributed by atoms with van der Waals surface area (Å²) in [7, 11) is 0. The Labute approximate surface area is 132 Å². The molecular formula is C15H27N3O2S. The SMILES string of the molecule is C=N/C=C(\SC)c1cncc(OCC)n1.CC.CCCO. The Morgan fingerprint density at radius 1 is 1.43 bits per heavy atom. The van der Waals surface area contributed by atoms with Gasteiger partial charge in [0, 0.05) is 12.8 Å². The number of aliphatic hydroxyl groups excluding tert-OH is 1. The number of hydrogen-bond donors (Lipinski definition) is 1. The lowest BCUT2D eigenvalue weighted by Crippen LogP contribution is -1.97. The van der Waals surface area contributed by atoms with Gasteiger partial charge in [0.2, 0.25) is 5.88 Å². The van der Waals surface area contributed by atoms with Crippen molar-refractivity contribution in [3.05, 3.63) is 24.3 Å². The minimum Gasteiger partial charge on any atom is -0.477 e. The molecule has 5 nitrogen and oxygen atoms in total. The van der Waals surface area contributed by atoms with Gasteiger partial charge in [0.15, 0.2) is 0 Å². The molecule has 0 saturated carbocycles. The molecule has 0 unspecified atom stereocenters. The van der Waals surface area contributed by atoms with E-state index in [1.165, 1.54) is 0 Å². The third kappa shape index (κ3) is 11.0. The maximum Gasteiger partial charge on any atom is 0.232 e. The van der Waals surface area contributed by atoms with E-state index in [1.807, 2.05) is 34.0 Å². The molecule has 0 amide bonds. The molecule has 0 fully saturated rings. The summed E-state index contributed by atoms with van der Waals surface area (Å²) in [5.74, 6) is 0.527. The molecular weight excluding hydrogens is 286 g/mol. The summed E-state index contributed by atoms with van der Waals surface area (Å²) in [5.41, 5.74) is 0.751. The van der Waals surface area contributed by atoms with E-state index >= 15 is 0 Å². The van der Waals surface area contributed by atoms with Crippen molar-refractivity contribution in [2.75, 3.05) is 19.5 Å². The molecule has 1 heterocycles. The first-order valence-corrected chi connectivity index (χ1v) is 8.21. The van der Waals surface area contributed by atoms with Crippen molar-refractivity contribution in [2.24, 2.45) is 4.99 Å². The molecule has 1 rings (SSSR count). The average molecular weight is 313 g/mol. The van der Waals surface area contributed by atoms with E-state index in [1.54, 1.807) is 30.4 Å². The first kappa shape index (κ1) is 21.9. The average Bonchev–Trinajstić information content (AvgIpc) is 2.55. The molecule has 1 N–H and O–H groups in total. The summed E-state index contributed by atoms with van der Waals surface area (Å²) in [5, 5.41) is 7.88. The fraction of sp³-hybridized carbons (Fsp3) is 0.533. The van der Waals surface area contributed by atoms with Crippen molar-refractivity contribution >= 4 is 23.4 Å². The highest BCUT2D eigenvalue weighted by atomic mass is 32.2. The Balaban J connectivity index is 0. The molecule has 1 aromatic rings. The molecule has 0 saturated heterocycles. The summed E-state index contributed by atoms with van der Waals surface area (Å²) in [6, 6.07) is 0. The van der Waals surface area contributed by atoms with Crippen molar-refractivity contribution in [3.63, 3.8) is 0 Å². The van der Waals surface area contributed by atoms with Crippen molar-refractivity contribution in [3.8, 4) is 5.88 Å². The number of aliphatic imine (C=N–C) groups is 1. The molecule has 0 bridgehead atoms. The molecule has 0 aliphatic heterocycles. The standard InChI is InChI=1S/C10H13N3OS.C3H8O.C2H6/c1-4-14-10-7-12-5-8(13-10)9(15-3)6-11-2;1-2-3-4;1-2/h5-7H,2,4H2,1,3H3;4H,2-3H2,1H3;1-2H3/b9-6-;;. The normalized spacial score (nSPS) is 9.71. The van der Waals surface area contributed by atoms with E-state index in [-0.39, 0.29) is 0 Å². The highest BCUT2D eigenvalue weighted by Gasteiger charge is 2.04. The molecule has 1 aromatic heterocycles. The van der Waals surface area contributed by atoms with Crippen LogP contribution in [-0.2, 0) is 0 Å². The summed E-state index contributed by atoms with van der Waals surface area (Å²) in [6.07, 6.45) is 7.75. The minimum atomic E-state index is 0.319. The Kier molecular flexibility index (Phi) is 17.4. The van der Waals surface area contributed by atoms with Gasteiger partial charge in [0.25, 0.3) is 0 Å². The largest absolute Gasteiger partial charge is 0.477 e. The number of aromatic nitrogens is 2. The number of ether oxygens (including phenoxy) is 1. The van der Waals surface area contributed by atoms with Crippen LogP contribution in [0, 0.1) is 0 Å². The fourth-order valence-corrected chi connectivity index (χ4v) is 1.48. The van der Waals surface area contributed by atoms with Crippen LogP contribution in [0.3, 0.4) is 0 Å². The second-order valence-electron chi connectivity index (χ2n) is 3.28. The van der Waals surface area contributed by atoms with Crippen molar-refractivity contribution in [2.45, 2.75) is 34.1 Å². The summed E-state index contributed by atoms with van der Waals surface area (Å²) < 4.78 is 5.26. The third-order valence-corrected chi connectivity index (χ3v) is 2.56. The predicted octanol–water partition coefficient (Wildman–Crippen LogP) is 3.65. The van der Waals surface area contributed by atoms with Crippen LogP contribution in [0.2, 0.25) is 0 Å². The van der Waals surface area contributed by atoms with Gasteiger partial charge in [0.1, 0.15) is 5.69 Å². The molecule has 0 aliphatic rings. The molecule has 0 radical (unpaired) electrons. The quantitative estimate of drug-likeness (QED) is 0.812. The first-order valence-electron chi connectivity index (χ1n) is 6.99. The topological polar surface area (TPSA) is 67.6 Å². The van der Waals surface area contributed by atoms with Crippen LogP contribution in [0.15, 0.2) is 23.6 Å². The van der Waals surface area contributed by atoms with Gasteiger partial charge in [-0.05, 0) is 26.3 Å². The number of rotatable bonds is 6. The highest BCUT2D eigenvalue weighted by molar-refractivity contribution is 8.07. The molecule has 120 valence electrons. The molecule has 21 heavy (non-hydrogen) atoms. The van der Waals surface area contributed by atoms with Crippen LogP contribution in [-0.4, -0.2) is 41.3 Å². The lowest BCUT2D eigenvalue weighted by molar-refractivity contribution is 0.295. The van der Waals surface area contributed by atoms with Crippen LogP contribution >= 0.6 is 11.8 Å². The lowest BCUT2D eigenvalue weighted by Gasteiger charge is -2.04. The van der Waals surface area contributed by atoms with E-state index in [0.29, 0.717) is 19.1 Å². The van der Waals surface area contributed by atoms with E-state index < -0.39 is 0 Å². The second-order valence-corrected chi connectivity index (χ2v) is 4.13. The smallest absolute Gasteiger partial charge is 0.232 e. The van der Waals surface area contributed by atoms with Crippen molar-refractivity contribution in [1.29, 1.82) is 0 Å². The van der Waals surface area contributed by atoms with E-state index in [4.69, 9.17) is 9.84 Å². The monoisotopic (exact) mass is 313 g/mol. The summed E-state index contributed by atoms with van der Waals surface area (Å²) >= 11 is 1.54. The number of nitrogens with zero attached hydrogens (tertiary/aromatic N) is 3. The van der Waals surface area contributed by atoms with E-state index in [2.05, 4.69) is 21.7 Å². The number of aliphatic hydroxyl groups is 1. The Morgan fingerprint density at radius 2 is 2.05 bits per heavy atom. The van der Waals surface area contributed by atoms with Gasteiger partial charge in [-0.3, -0.25) is 9.98 Å². The molecule has 0 atom stereocenters. The van der Waals surface area contributed by atoms with Gasteiger partial charge >= 0.3 is 0 Å². The minimum absolute atomic E-state index is 0.319. The van der Waals surface area contributed by atoms with Gasteiger partial charge in [-0.2, -0.15) is 0 Å². The lowest BCUT2D eigenvalue weighted by atomic mass is 10.4. The van der Waals surface area contributed by atoms with Crippen LogP contribution in [0.5, 0.6) is 5.88 Å². The van der Waals surface area contributed by atoms with E-state index in [0.717, 1.165) is 17.0 Å². The van der Waals surface area contributed by atoms with Crippen LogP contribution in [0.1, 0.15) is 39.8 Å². The number of thioether (sulfide) groups is 1. The van der Waals surface area contributed by atoms with Crippen molar-refractivity contribution in [1.82, 2.24) is 9.97 Å². The van der Waals surface area contributed by atoms with Crippen molar-refractivity contribution < 1.29 is 9.84 Å². The summed E-state index contributed by atoms with van der Waals surface area (Å²) in [4.78, 5) is 13.0. The second kappa shape index (κ2) is 16.7. The van der Waals surface area contributed by atoms with Gasteiger partial charge in [-0.15, -0.1) is 11.8 Å². The number of hydrogen-bond acceptors (Lipinski definition) is 6. The molecule has 6 heteroatoms. The first-order chi connectivity index (χ1) is 10.2. The Morgan fingerprint density at radius 3 is 2.48 bits per heavy atom. The maximum atomic E-state index is 7.88. The van der Waals surface area contributed by atoms with Gasteiger partial charge < -0.3 is 9.84 Å². The van der Waals surface area contributed by atoms with E-state index in [9.17, 15) is 0 Å². The molecule has 0 aromatic carbocycles. The van der Waals surface area contributed by atoms with Crippen LogP contribution in [0.25, 0.3) is 4.91 Å². The zero-order chi connectivity index (χ0) is 16.5. The van der Waals surface area contributed by atoms with Crippen LogP contribution in [0.4, 0.5) is 0 Å². The Bertz CT molecular complexity index is 396. The van der Waals surface area contributed by atoms with Crippen LogP contribution < -0.4 is 4.74 Å². The predicted molar refractivity (Wildman–Crippen MR) is 93.0 cm³/mol. The zero-order valence-electron chi connectivity index (χ0n) is 13.7. The summed E-state index contributed by atoms with van der Waals surface area (Å²) in [6.45, 7) is 12.2.